The summed E-state index contributed by atoms with van der Waals surface area (Å²) in [7, 11) is -1.27. The Bertz CT molecular complexity index is 735. The number of nitrogens with zero attached hydrogens (tertiary/aromatic N) is 1. The SMILES string of the molecule is C[Si](C)(C)CCOCN1C(=O)c2cccc(OC(F)F)c2[C@@H]2CC(=O)[C@H]1C2. The zero-order valence-corrected chi connectivity index (χ0v) is 16.8. The number of carbonyl (C=O) groups is 2. The molecule has 2 bridgehead atoms. The minimum absolute atomic E-state index is 0.0178. The van der Waals surface area contributed by atoms with E-state index in [-0.39, 0.29) is 36.5 Å². The van der Waals surface area contributed by atoms with Crippen LogP contribution in [0.5, 0.6) is 5.75 Å². The summed E-state index contributed by atoms with van der Waals surface area (Å²) in [5.41, 5.74) is 0.741. The van der Waals surface area contributed by atoms with E-state index in [0.717, 1.165) is 6.04 Å². The van der Waals surface area contributed by atoms with Crippen LogP contribution in [0.1, 0.15) is 34.7 Å². The second-order valence-corrected chi connectivity index (χ2v) is 14.0. The quantitative estimate of drug-likeness (QED) is 0.518. The molecule has 148 valence electrons. The van der Waals surface area contributed by atoms with Crippen LogP contribution in [0.25, 0.3) is 0 Å². The van der Waals surface area contributed by atoms with Gasteiger partial charge in [-0.05, 0) is 30.5 Å². The number of Topliss-reactive ketones (excluding diaryl/α,β-unsaturated/α-hetero) is 1. The third-order valence-corrected chi connectivity index (χ3v) is 6.82. The summed E-state index contributed by atoms with van der Waals surface area (Å²) in [6.07, 6.45) is 0.637. The molecular weight excluding hydrogens is 372 g/mol. The Morgan fingerprint density at radius 3 is 2.67 bits per heavy atom. The number of ether oxygens (including phenoxy) is 2. The van der Waals surface area contributed by atoms with Gasteiger partial charge in [0.1, 0.15) is 12.5 Å². The summed E-state index contributed by atoms with van der Waals surface area (Å²) in [5.74, 6) is -0.725. The standard InChI is InChI=1S/C19H25F2NO4Si/c1-27(2,3)8-7-25-11-22-14-9-12(10-15(14)23)17-13(18(22)24)5-4-6-16(17)26-19(20)21/h4-6,12,14,19H,7-11H2,1-3H3/t12-,14+/m0/s1. The third kappa shape index (κ3) is 4.38. The zero-order chi connectivity index (χ0) is 19.8. The minimum Gasteiger partial charge on any atom is -0.435 e. The lowest BCUT2D eigenvalue weighted by atomic mass is 9.92. The van der Waals surface area contributed by atoms with Gasteiger partial charge < -0.3 is 14.4 Å². The molecule has 2 atom stereocenters. The predicted octanol–water partition coefficient (Wildman–Crippen LogP) is 3.87. The van der Waals surface area contributed by atoms with Crippen LogP contribution >= 0.6 is 0 Å². The fourth-order valence-corrected chi connectivity index (χ4v) is 4.48. The first-order chi connectivity index (χ1) is 12.7. The van der Waals surface area contributed by atoms with E-state index in [0.29, 0.717) is 24.2 Å². The van der Waals surface area contributed by atoms with Crippen molar-refractivity contribution in [2.75, 3.05) is 13.3 Å². The molecule has 1 aliphatic heterocycles. The molecule has 1 heterocycles. The zero-order valence-electron chi connectivity index (χ0n) is 15.8. The predicted molar refractivity (Wildman–Crippen MR) is 99.0 cm³/mol. The summed E-state index contributed by atoms with van der Waals surface area (Å²) < 4.78 is 35.9. The van der Waals surface area contributed by atoms with Crippen LogP contribution in [0, 0.1) is 0 Å². The largest absolute Gasteiger partial charge is 0.435 e. The van der Waals surface area contributed by atoms with Gasteiger partial charge in [0.05, 0.1) is 6.04 Å². The number of halogens is 2. The van der Waals surface area contributed by atoms with Crippen molar-refractivity contribution >= 4 is 19.8 Å². The normalized spacial score (nSPS) is 22.2. The summed E-state index contributed by atoms with van der Waals surface area (Å²) in [6.45, 7) is 4.29. The highest BCUT2D eigenvalue weighted by molar-refractivity contribution is 6.76. The lowest BCUT2D eigenvalue weighted by molar-refractivity contribution is -0.123. The van der Waals surface area contributed by atoms with Crippen molar-refractivity contribution in [3.8, 4) is 5.75 Å². The maximum absolute atomic E-state index is 13.1. The number of rotatable bonds is 7. The topological polar surface area (TPSA) is 55.8 Å². The van der Waals surface area contributed by atoms with E-state index in [2.05, 4.69) is 24.4 Å². The average molecular weight is 397 g/mol. The number of carbonyl (C=O) groups excluding carboxylic acids is 2. The van der Waals surface area contributed by atoms with E-state index >= 15 is 0 Å². The van der Waals surface area contributed by atoms with E-state index in [9.17, 15) is 18.4 Å². The Kier molecular flexibility index (Phi) is 5.67. The molecule has 0 N–H and O–H groups in total. The first-order valence-corrected chi connectivity index (χ1v) is 12.9. The first kappa shape index (κ1) is 19.9. The highest BCUT2D eigenvalue weighted by Gasteiger charge is 2.45. The third-order valence-electron chi connectivity index (χ3n) is 5.11. The van der Waals surface area contributed by atoms with Crippen LogP contribution in [0.4, 0.5) is 8.78 Å². The molecule has 0 aromatic heterocycles. The summed E-state index contributed by atoms with van der Waals surface area (Å²) in [6, 6.07) is 4.95. The Hall–Kier alpha value is -1.80. The van der Waals surface area contributed by atoms with Crippen molar-refractivity contribution in [3.63, 3.8) is 0 Å². The van der Waals surface area contributed by atoms with Crippen molar-refractivity contribution in [2.45, 2.75) is 57.1 Å². The first-order valence-electron chi connectivity index (χ1n) is 9.16. The number of hydrogen-bond acceptors (Lipinski definition) is 4. The summed E-state index contributed by atoms with van der Waals surface area (Å²) >= 11 is 0. The van der Waals surface area contributed by atoms with Crippen molar-refractivity contribution in [3.05, 3.63) is 29.3 Å². The van der Waals surface area contributed by atoms with Crippen LogP contribution in [-0.4, -0.2) is 50.7 Å². The van der Waals surface area contributed by atoms with E-state index in [1.165, 1.54) is 17.0 Å². The smallest absolute Gasteiger partial charge is 0.387 e. The minimum atomic E-state index is -2.98. The molecule has 8 heteroatoms. The Morgan fingerprint density at radius 2 is 2.00 bits per heavy atom. The molecule has 1 aromatic rings. The van der Waals surface area contributed by atoms with Crippen LogP contribution in [0.15, 0.2) is 18.2 Å². The number of amides is 1. The molecule has 1 saturated carbocycles. The van der Waals surface area contributed by atoms with Gasteiger partial charge >= 0.3 is 6.61 Å². The van der Waals surface area contributed by atoms with Gasteiger partial charge in [-0.3, -0.25) is 9.59 Å². The molecule has 0 spiro atoms. The van der Waals surface area contributed by atoms with Gasteiger partial charge in [-0.2, -0.15) is 8.78 Å². The van der Waals surface area contributed by atoms with E-state index < -0.39 is 20.7 Å². The number of alkyl halides is 2. The highest BCUT2D eigenvalue weighted by Crippen LogP contribution is 2.44. The Morgan fingerprint density at radius 1 is 1.26 bits per heavy atom. The molecule has 0 radical (unpaired) electrons. The van der Waals surface area contributed by atoms with E-state index in [1.54, 1.807) is 6.07 Å². The fraction of sp³-hybridized carbons (Fsp3) is 0.579. The lowest BCUT2D eigenvalue weighted by Crippen LogP contribution is -2.44. The molecule has 1 amide bonds. The van der Waals surface area contributed by atoms with Crippen molar-refractivity contribution in [1.29, 1.82) is 0 Å². The highest BCUT2D eigenvalue weighted by atomic mass is 28.3. The van der Waals surface area contributed by atoms with Crippen LogP contribution in [0.2, 0.25) is 25.7 Å². The summed E-state index contributed by atoms with van der Waals surface area (Å²) in [5, 5.41) is 0. The second-order valence-electron chi connectivity index (χ2n) is 8.34. The molecule has 1 aromatic carbocycles. The van der Waals surface area contributed by atoms with Gasteiger partial charge in [0.15, 0.2) is 5.78 Å². The van der Waals surface area contributed by atoms with Gasteiger partial charge in [-0.1, -0.05) is 25.7 Å². The number of benzene rings is 1. The van der Waals surface area contributed by atoms with Gasteiger partial charge in [0.25, 0.3) is 5.91 Å². The maximum atomic E-state index is 13.1. The molecule has 0 unspecified atom stereocenters. The van der Waals surface area contributed by atoms with Gasteiger partial charge in [-0.15, -0.1) is 0 Å². The van der Waals surface area contributed by atoms with Crippen LogP contribution in [0.3, 0.4) is 0 Å². The van der Waals surface area contributed by atoms with Crippen LogP contribution < -0.4 is 4.74 Å². The van der Waals surface area contributed by atoms with Crippen LogP contribution in [-0.2, 0) is 9.53 Å². The monoisotopic (exact) mass is 397 g/mol. The molecular formula is C19H25F2NO4Si. The number of fused-ring (bicyclic) bond motifs is 4. The van der Waals surface area contributed by atoms with E-state index in [1.807, 2.05) is 0 Å². The average Bonchev–Trinajstić information content (AvgIpc) is 2.88. The van der Waals surface area contributed by atoms with E-state index in [4.69, 9.17) is 4.74 Å². The van der Waals surface area contributed by atoms with Crippen molar-refractivity contribution in [1.82, 2.24) is 4.90 Å². The van der Waals surface area contributed by atoms with Crippen molar-refractivity contribution in [2.24, 2.45) is 0 Å². The molecule has 5 nitrogen and oxygen atoms in total. The van der Waals surface area contributed by atoms with Gasteiger partial charge in [-0.25, -0.2) is 0 Å². The van der Waals surface area contributed by atoms with Gasteiger partial charge in [0, 0.05) is 32.2 Å². The summed E-state index contributed by atoms with van der Waals surface area (Å²) in [4.78, 5) is 27.0. The molecule has 2 aliphatic rings. The van der Waals surface area contributed by atoms with Gasteiger partial charge in [0.2, 0.25) is 0 Å². The Balaban J connectivity index is 1.86. The number of hydrogen-bond donors (Lipinski definition) is 0. The molecule has 1 aliphatic carbocycles. The second kappa shape index (κ2) is 7.67. The Labute approximate surface area is 158 Å². The molecule has 0 saturated heterocycles. The number of ketones is 1. The molecule has 1 fully saturated rings. The van der Waals surface area contributed by atoms with Crippen molar-refractivity contribution < 1.29 is 27.8 Å². The maximum Gasteiger partial charge on any atom is 0.387 e. The molecule has 3 rings (SSSR count). The lowest BCUT2D eigenvalue weighted by Gasteiger charge is -2.28. The fourth-order valence-electron chi connectivity index (χ4n) is 3.72. The molecule has 27 heavy (non-hydrogen) atoms.